The van der Waals surface area contributed by atoms with Gasteiger partial charge in [0.05, 0.1) is 20.3 Å². The average molecular weight is 344 g/mol. The van der Waals surface area contributed by atoms with Gasteiger partial charge in [-0.1, -0.05) is 35.2 Å². The van der Waals surface area contributed by atoms with E-state index < -0.39 is 0 Å². The molecular weight excluding hydrogens is 322 g/mol. The van der Waals surface area contributed by atoms with Crippen LogP contribution < -0.4 is 14.4 Å². The van der Waals surface area contributed by atoms with E-state index in [1.165, 1.54) is 32.1 Å². The molecule has 0 spiro atoms. The second kappa shape index (κ2) is 7.67. The lowest BCUT2D eigenvalue weighted by atomic mass is 9.94. The number of alkyl halides is 1. The van der Waals surface area contributed by atoms with Crippen molar-refractivity contribution in [2.24, 2.45) is 0 Å². The lowest BCUT2D eigenvalue weighted by Crippen LogP contribution is -2.39. The van der Waals surface area contributed by atoms with Crippen LogP contribution in [0.4, 0.5) is 5.95 Å². The van der Waals surface area contributed by atoms with Crippen LogP contribution in [0.1, 0.15) is 32.1 Å². The fourth-order valence-electron chi connectivity index (χ4n) is 2.66. The molecule has 0 radical (unpaired) electrons. The predicted octanol–water partition coefficient (Wildman–Crippen LogP) is 3.03. The molecule has 5 nitrogen and oxygen atoms in total. The minimum atomic E-state index is 0.512. The normalized spacial score (nSPS) is 15.9. The van der Waals surface area contributed by atoms with E-state index in [0.717, 1.165) is 11.9 Å². The Balaban J connectivity index is 2.27. The molecule has 112 valence electrons. The molecule has 1 saturated carbocycles. The first kappa shape index (κ1) is 15.4. The summed E-state index contributed by atoms with van der Waals surface area (Å²) in [4.78, 5) is 11.2. The molecule has 20 heavy (non-hydrogen) atoms. The quantitative estimate of drug-likeness (QED) is 0.743. The first-order valence-corrected chi connectivity index (χ1v) is 8.20. The third-order valence-electron chi connectivity index (χ3n) is 3.68. The fraction of sp³-hybridized carbons (Fsp3) is 0.714. The number of methoxy groups -OCH3 is 2. The van der Waals surface area contributed by atoms with Gasteiger partial charge in [-0.15, -0.1) is 0 Å². The van der Waals surface area contributed by atoms with E-state index in [0.29, 0.717) is 23.8 Å². The van der Waals surface area contributed by atoms with E-state index >= 15 is 0 Å². The molecule has 2 rings (SSSR count). The molecule has 0 aromatic carbocycles. The average Bonchev–Trinajstić information content (AvgIpc) is 2.52. The highest BCUT2D eigenvalue weighted by molar-refractivity contribution is 9.09. The van der Waals surface area contributed by atoms with Crippen molar-refractivity contribution in [2.75, 3.05) is 31.0 Å². The summed E-state index contributed by atoms with van der Waals surface area (Å²) in [5, 5.41) is 0.895. The first-order valence-electron chi connectivity index (χ1n) is 7.08. The Morgan fingerprint density at radius 3 is 2.25 bits per heavy atom. The van der Waals surface area contributed by atoms with E-state index in [2.05, 4.69) is 30.8 Å². The highest BCUT2D eigenvalue weighted by Crippen LogP contribution is 2.28. The van der Waals surface area contributed by atoms with Gasteiger partial charge in [-0.25, -0.2) is 0 Å². The Labute approximate surface area is 128 Å². The topological polar surface area (TPSA) is 47.5 Å². The number of rotatable bonds is 6. The number of hydrogen-bond acceptors (Lipinski definition) is 5. The van der Waals surface area contributed by atoms with Gasteiger partial charge in [-0.3, -0.25) is 0 Å². The molecule has 0 N–H and O–H groups in total. The molecule has 1 aliphatic rings. The number of ether oxygens (including phenoxy) is 2. The zero-order valence-electron chi connectivity index (χ0n) is 12.1. The summed E-state index contributed by atoms with van der Waals surface area (Å²) in [6.45, 7) is 0.890. The number of halogens is 1. The van der Waals surface area contributed by atoms with Crippen molar-refractivity contribution >= 4 is 21.9 Å². The van der Waals surface area contributed by atoms with Gasteiger partial charge in [0.2, 0.25) is 17.7 Å². The lowest BCUT2D eigenvalue weighted by molar-refractivity contribution is 0.366. The predicted molar refractivity (Wildman–Crippen MR) is 83.1 cm³/mol. The van der Waals surface area contributed by atoms with E-state index in [9.17, 15) is 0 Å². The minimum Gasteiger partial charge on any atom is -0.481 e. The molecule has 0 aliphatic heterocycles. The summed E-state index contributed by atoms with van der Waals surface area (Å²) in [5.41, 5.74) is 0. The maximum Gasteiger partial charge on any atom is 0.232 e. The number of anilines is 1. The van der Waals surface area contributed by atoms with Crippen LogP contribution in [-0.4, -0.2) is 42.1 Å². The van der Waals surface area contributed by atoms with Crippen molar-refractivity contribution in [3.8, 4) is 11.8 Å². The van der Waals surface area contributed by atoms with E-state index in [-0.39, 0.29) is 0 Å². The molecule has 1 heterocycles. The van der Waals surface area contributed by atoms with Gasteiger partial charge >= 0.3 is 0 Å². The van der Waals surface area contributed by atoms with Crippen molar-refractivity contribution in [1.29, 1.82) is 0 Å². The Hall–Kier alpha value is -1.04. The van der Waals surface area contributed by atoms with E-state index in [1.54, 1.807) is 20.3 Å². The standard InChI is InChI=1S/C14H22BrN3O2/c1-19-12-10-13(20-2)17-14(16-12)18(9-8-15)11-6-4-3-5-7-11/h10-11H,3-9H2,1-2H3. The highest BCUT2D eigenvalue weighted by Gasteiger charge is 2.24. The summed E-state index contributed by atoms with van der Waals surface area (Å²) >= 11 is 3.53. The van der Waals surface area contributed by atoms with Crippen molar-refractivity contribution in [3.63, 3.8) is 0 Å². The Bertz CT molecular complexity index is 403. The molecule has 1 aliphatic carbocycles. The molecule has 1 aromatic heterocycles. The maximum absolute atomic E-state index is 5.24. The molecular formula is C14H22BrN3O2. The van der Waals surface area contributed by atoms with Crippen LogP contribution in [0, 0.1) is 0 Å². The number of aromatic nitrogens is 2. The zero-order chi connectivity index (χ0) is 14.4. The second-order valence-electron chi connectivity index (χ2n) is 4.93. The van der Waals surface area contributed by atoms with E-state index in [4.69, 9.17) is 9.47 Å². The van der Waals surface area contributed by atoms with Crippen molar-refractivity contribution in [3.05, 3.63) is 6.07 Å². The summed E-state index contributed by atoms with van der Waals surface area (Å²) < 4.78 is 10.5. The zero-order valence-corrected chi connectivity index (χ0v) is 13.7. The fourth-order valence-corrected chi connectivity index (χ4v) is 3.04. The lowest BCUT2D eigenvalue weighted by Gasteiger charge is -2.34. The number of nitrogens with zero attached hydrogens (tertiary/aromatic N) is 3. The van der Waals surface area contributed by atoms with Crippen LogP contribution in [0.3, 0.4) is 0 Å². The Morgan fingerprint density at radius 1 is 1.15 bits per heavy atom. The highest BCUT2D eigenvalue weighted by atomic mass is 79.9. The number of hydrogen-bond donors (Lipinski definition) is 0. The molecule has 1 aromatic rings. The van der Waals surface area contributed by atoms with Crippen LogP contribution in [0.25, 0.3) is 0 Å². The van der Waals surface area contributed by atoms with Crippen molar-refractivity contribution in [2.45, 2.75) is 38.1 Å². The van der Waals surface area contributed by atoms with Crippen molar-refractivity contribution < 1.29 is 9.47 Å². The van der Waals surface area contributed by atoms with E-state index in [1.807, 2.05) is 0 Å². The Morgan fingerprint density at radius 2 is 1.75 bits per heavy atom. The summed E-state index contributed by atoms with van der Waals surface area (Å²) in [5.74, 6) is 1.79. The summed E-state index contributed by atoms with van der Waals surface area (Å²) in [6, 6.07) is 2.22. The Kier molecular flexibility index (Phi) is 5.88. The van der Waals surface area contributed by atoms with Gasteiger partial charge in [-0.05, 0) is 12.8 Å². The van der Waals surface area contributed by atoms with Gasteiger partial charge in [0.15, 0.2) is 0 Å². The smallest absolute Gasteiger partial charge is 0.232 e. The summed E-state index contributed by atoms with van der Waals surface area (Å²) in [6.07, 6.45) is 6.31. The van der Waals surface area contributed by atoms with Crippen LogP contribution in [0.15, 0.2) is 6.07 Å². The second-order valence-corrected chi connectivity index (χ2v) is 5.72. The van der Waals surface area contributed by atoms with Crippen LogP contribution >= 0.6 is 15.9 Å². The van der Waals surface area contributed by atoms with Crippen LogP contribution in [0.5, 0.6) is 11.8 Å². The molecule has 1 fully saturated rings. The minimum absolute atomic E-state index is 0.512. The molecule has 6 heteroatoms. The third-order valence-corrected chi connectivity index (χ3v) is 4.04. The largest absolute Gasteiger partial charge is 0.481 e. The molecule has 0 atom stereocenters. The summed E-state index contributed by atoms with van der Waals surface area (Å²) in [7, 11) is 3.22. The SMILES string of the molecule is COc1cc(OC)nc(N(CCBr)C2CCCCC2)n1. The maximum atomic E-state index is 5.24. The first-order chi connectivity index (χ1) is 9.78. The van der Waals surface area contributed by atoms with Gasteiger partial charge in [-0.2, -0.15) is 9.97 Å². The van der Waals surface area contributed by atoms with Gasteiger partial charge < -0.3 is 14.4 Å². The van der Waals surface area contributed by atoms with Crippen LogP contribution in [0.2, 0.25) is 0 Å². The van der Waals surface area contributed by atoms with Gasteiger partial charge in [0, 0.05) is 17.9 Å². The third kappa shape index (κ3) is 3.75. The molecule has 0 amide bonds. The molecule has 0 bridgehead atoms. The molecule has 0 unspecified atom stereocenters. The van der Waals surface area contributed by atoms with Gasteiger partial charge in [0.1, 0.15) is 0 Å². The van der Waals surface area contributed by atoms with Crippen molar-refractivity contribution in [1.82, 2.24) is 9.97 Å². The van der Waals surface area contributed by atoms with Gasteiger partial charge in [0.25, 0.3) is 0 Å². The molecule has 0 saturated heterocycles. The monoisotopic (exact) mass is 343 g/mol. The van der Waals surface area contributed by atoms with Crippen LogP contribution in [-0.2, 0) is 0 Å².